The van der Waals surface area contributed by atoms with E-state index in [1.54, 1.807) is 13.8 Å². The largest absolute Gasteiger partial charge is 0.506 e. The van der Waals surface area contributed by atoms with E-state index in [2.05, 4.69) is 9.97 Å². The van der Waals surface area contributed by atoms with Crippen LogP contribution in [0.15, 0.2) is 12.4 Å². The highest BCUT2D eigenvalue weighted by atomic mass is 16.3. The highest BCUT2D eigenvalue weighted by Crippen LogP contribution is 2.32. The molecule has 0 aliphatic rings. The number of rotatable bonds is 7. The molecule has 0 atom stereocenters. The second-order valence-electron chi connectivity index (χ2n) is 6.63. The first kappa shape index (κ1) is 20.1. The Hall–Kier alpha value is -2.26. The summed E-state index contributed by atoms with van der Waals surface area (Å²) in [5.74, 6) is -0.0605. The third-order valence-electron chi connectivity index (χ3n) is 4.67. The third-order valence-corrected chi connectivity index (χ3v) is 4.67. The van der Waals surface area contributed by atoms with E-state index in [0.29, 0.717) is 33.6 Å². The molecule has 0 bridgehead atoms. The summed E-state index contributed by atoms with van der Waals surface area (Å²) in [5, 5.41) is 39.8. The van der Waals surface area contributed by atoms with Gasteiger partial charge in [0, 0.05) is 46.7 Å². The van der Waals surface area contributed by atoms with Gasteiger partial charge in [0.25, 0.3) is 0 Å². The highest BCUT2D eigenvalue weighted by Gasteiger charge is 2.30. The van der Waals surface area contributed by atoms with Crippen LogP contribution in [-0.4, -0.2) is 42.5 Å². The molecule has 2 aromatic heterocycles. The Labute approximate surface area is 152 Å². The molecule has 142 valence electrons. The molecule has 2 rings (SSSR count). The van der Waals surface area contributed by atoms with Crippen molar-refractivity contribution in [2.45, 2.75) is 45.4 Å². The van der Waals surface area contributed by atoms with E-state index in [9.17, 15) is 20.4 Å². The molecule has 2 heterocycles. The summed E-state index contributed by atoms with van der Waals surface area (Å²) in [6, 6.07) is 0. The van der Waals surface area contributed by atoms with Crippen LogP contribution in [0.1, 0.15) is 33.6 Å². The van der Waals surface area contributed by atoms with Gasteiger partial charge in [-0.15, -0.1) is 0 Å². The summed E-state index contributed by atoms with van der Waals surface area (Å²) >= 11 is 0. The molecule has 0 aromatic carbocycles. The first-order chi connectivity index (χ1) is 12.3. The molecule has 0 aliphatic carbocycles. The van der Waals surface area contributed by atoms with Crippen molar-refractivity contribution in [3.63, 3.8) is 0 Å². The molecule has 26 heavy (non-hydrogen) atoms. The molecule has 2 aromatic rings. The molecule has 0 aliphatic heterocycles. The van der Waals surface area contributed by atoms with Crippen molar-refractivity contribution >= 4 is 0 Å². The fourth-order valence-electron chi connectivity index (χ4n) is 2.95. The number of aromatic nitrogens is 2. The lowest BCUT2D eigenvalue weighted by Gasteiger charge is -2.30. The van der Waals surface area contributed by atoms with Gasteiger partial charge in [-0.25, -0.2) is 0 Å². The number of aromatic hydroxyl groups is 2. The predicted octanol–water partition coefficient (Wildman–Crippen LogP) is -0.0694. The molecule has 8 nitrogen and oxygen atoms in total. The lowest BCUT2D eigenvalue weighted by Crippen LogP contribution is -2.51. The van der Waals surface area contributed by atoms with Crippen LogP contribution < -0.4 is 11.5 Å². The molecule has 0 saturated carbocycles. The third kappa shape index (κ3) is 3.94. The van der Waals surface area contributed by atoms with Crippen molar-refractivity contribution in [3.8, 4) is 11.5 Å². The topological polar surface area (TPSA) is 159 Å². The predicted molar refractivity (Wildman–Crippen MR) is 96.5 cm³/mol. The minimum Gasteiger partial charge on any atom is -0.506 e. The summed E-state index contributed by atoms with van der Waals surface area (Å²) < 4.78 is 0. The van der Waals surface area contributed by atoms with Gasteiger partial charge in [0.15, 0.2) is 0 Å². The van der Waals surface area contributed by atoms with Gasteiger partial charge in [0.1, 0.15) is 11.5 Å². The van der Waals surface area contributed by atoms with Crippen LogP contribution in [-0.2, 0) is 26.1 Å². The van der Waals surface area contributed by atoms with Crippen LogP contribution in [0.2, 0.25) is 0 Å². The summed E-state index contributed by atoms with van der Waals surface area (Å²) in [7, 11) is 0. The van der Waals surface area contributed by atoms with Crippen molar-refractivity contribution < 1.29 is 20.4 Å². The van der Waals surface area contributed by atoms with E-state index in [-0.39, 0.29) is 44.1 Å². The maximum atomic E-state index is 10.4. The zero-order valence-electron chi connectivity index (χ0n) is 15.0. The maximum absolute atomic E-state index is 10.4. The standard InChI is InChI=1S/C18H26N4O4/c1-10-16(25)14(12(7-23)5-21-10)3-18(20,9-19)4-15-13(8-24)6-22-11(2)17(15)26/h5-6,23-26H,3-4,7-9,19-20H2,1-2H3. The molecule has 0 amide bonds. The quantitative estimate of drug-likeness (QED) is 0.399. The summed E-state index contributed by atoms with van der Waals surface area (Å²) in [6.07, 6.45) is 3.32. The van der Waals surface area contributed by atoms with Gasteiger partial charge in [-0.2, -0.15) is 0 Å². The Morgan fingerprint density at radius 2 is 1.27 bits per heavy atom. The van der Waals surface area contributed by atoms with E-state index < -0.39 is 5.54 Å². The van der Waals surface area contributed by atoms with Crippen LogP contribution in [0.25, 0.3) is 0 Å². The normalized spacial score (nSPS) is 11.8. The molecular formula is C18H26N4O4. The lowest BCUT2D eigenvalue weighted by molar-refractivity contribution is 0.275. The molecule has 8 heteroatoms. The number of hydrogen-bond donors (Lipinski definition) is 6. The number of aliphatic hydroxyl groups excluding tert-OH is 2. The minimum atomic E-state index is -1.02. The Bertz CT molecular complexity index is 734. The maximum Gasteiger partial charge on any atom is 0.140 e. The van der Waals surface area contributed by atoms with Crippen LogP contribution in [0.5, 0.6) is 11.5 Å². The van der Waals surface area contributed by atoms with Crippen molar-refractivity contribution in [2.24, 2.45) is 11.5 Å². The van der Waals surface area contributed by atoms with Crippen molar-refractivity contribution in [2.75, 3.05) is 6.54 Å². The average molecular weight is 362 g/mol. The summed E-state index contributed by atoms with van der Waals surface area (Å²) in [5.41, 5.74) is 14.1. The monoisotopic (exact) mass is 362 g/mol. The van der Waals surface area contributed by atoms with Crippen LogP contribution in [0.3, 0.4) is 0 Å². The zero-order valence-corrected chi connectivity index (χ0v) is 15.0. The number of aryl methyl sites for hydroxylation is 2. The fourth-order valence-corrected chi connectivity index (χ4v) is 2.95. The van der Waals surface area contributed by atoms with Gasteiger partial charge >= 0.3 is 0 Å². The molecular weight excluding hydrogens is 336 g/mol. The average Bonchev–Trinajstić information content (AvgIpc) is 2.63. The van der Waals surface area contributed by atoms with Crippen LogP contribution >= 0.6 is 0 Å². The highest BCUT2D eigenvalue weighted by molar-refractivity contribution is 5.44. The molecule has 0 spiro atoms. The zero-order chi connectivity index (χ0) is 19.5. The van der Waals surface area contributed by atoms with Gasteiger partial charge in [-0.05, 0) is 26.7 Å². The number of nitrogens with zero attached hydrogens (tertiary/aromatic N) is 2. The van der Waals surface area contributed by atoms with Gasteiger partial charge in [-0.3, -0.25) is 9.97 Å². The molecule has 0 saturated heterocycles. The summed E-state index contributed by atoms with van der Waals surface area (Å²) in [4.78, 5) is 8.08. The van der Waals surface area contributed by atoms with Gasteiger partial charge in [-0.1, -0.05) is 0 Å². The van der Waals surface area contributed by atoms with Gasteiger partial charge in [0.2, 0.25) is 0 Å². The lowest BCUT2D eigenvalue weighted by atomic mass is 9.82. The Kier molecular flexibility index (Phi) is 6.14. The first-order valence-electron chi connectivity index (χ1n) is 8.29. The van der Waals surface area contributed by atoms with E-state index in [1.165, 1.54) is 12.4 Å². The van der Waals surface area contributed by atoms with E-state index in [4.69, 9.17) is 11.5 Å². The Morgan fingerprint density at radius 3 is 1.58 bits per heavy atom. The van der Waals surface area contributed by atoms with Crippen LogP contribution in [0, 0.1) is 13.8 Å². The van der Waals surface area contributed by atoms with E-state index in [0.717, 1.165) is 0 Å². The SMILES string of the molecule is Cc1ncc(CO)c(CC(N)(CN)Cc2c(CO)cnc(C)c2O)c1O. The Morgan fingerprint density at radius 1 is 0.885 bits per heavy atom. The van der Waals surface area contributed by atoms with Crippen LogP contribution in [0.4, 0.5) is 0 Å². The fraction of sp³-hybridized carbons (Fsp3) is 0.444. The minimum absolute atomic E-state index is 0.0302. The number of aliphatic hydroxyl groups is 2. The summed E-state index contributed by atoms with van der Waals surface area (Å²) in [6.45, 7) is 2.78. The van der Waals surface area contributed by atoms with Crippen molar-refractivity contribution in [1.29, 1.82) is 0 Å². The molecule has 0 radical (unpaired) electrons. The second kappa shape index (κ2) is 7.96. The second-order valence-corrected chi connectivity index (χ2v) is 6.63. The number of hydrogen-bond acceptors (Lipinski definition) is 8. The molecule has 8 N–H and O–H groups in total. The molecule has 0 fully saturated rings. The van der Waals surface area contributed by atoms with Crippen molar-refractivity contribution in [1.82, 2.24) is 9.97 Å². The first-order valence-corrected chi connectivity index (χ1v) is 8.29. The molecule has 0 unspecified atom stereocenters. The smallest absolute Gasteiger partial charge is 0.140 e. The van der Waals surface area contributed by atoms with E-state index in [1.807, 2.05) is 0 Å². The van der Waals surface area contributed by atoms with E-state index >= 15 is 0 Å². The van der Waals surface area contributed by atoms with Gasteiger partial charge < -0.3 is 31.9 Å². The Balaban J connectivity index is 2.46. The van der Waals surface area contributed by atoms with Gasteiger partial charge in [0.05, 0.1) is 24.6 Å². The number of pyridine rings is 2. The number of nitrogens with two attached hydrogens (primary N) is 2. The van der Waals surface area contributed by atoms with Crippen molar-refractivity contribution in [3.05, 3.63) is 46.0 Å².